The van der Waals surface area contributed by atoms with Crippen LogP contribution in [0.1, 0.15) is 37.0 Å². The molecule has 1 aromatic rings. The summed E-state index contributed by atoms with van der Waals surface area (Å²) in [4.78, 5) is 11.9. The Morgan fingerprint density at radius 2 is 2.06 bits per heavy atom. The van der Waals surface area contributed by atoms with E-state index in [-0.39, 0.29) is 23.2 Å². The first kappa shape index (κ1) is 13.4. The predicted molar refractivity (Wildman–Crippen MR) is 66.0 cm³/mol. The molecule has 0 aromatic heterocycles. The summed E-state index contributed by atoms with van der Waals surface area (Å²) in [5, 5.41) is 2.83. The monoisotopic (exact) mass is 239 g/mol. The average molecular weight is 239 g/mol. The molecule has 0 bridgehead atoms. The van der Waals surface area contributed by atoms with Crippen molar-refractivity contribution in [3.8, 4) is 0 Å². The van der Waals surface area contributed by atoms with Gasteiger partial charge in [-0.1, -0.05) is 19.9 Å². The van der Waals surface area contributed by atoms with Crippen LogP contribution < -0.4 is 16.6 Å². The topological polar surface area (TPSA) is 67.2 Å². The van der Waals surface area contributed by atoms with Crippen LogP contribution in [-0.2, 0) is 0 Å². The van der Waals surface area contributed by atoms with Gasteiger partial charge in [0.05, 0.1) is 11.3 Å². The predicted octanol–water partition coefficient (Wildman–Crippen LogP) is 2.03. The molecule has 5 heteroatoms. The number of amides is 1. The molecular formula is C12H18FN3O. The van der Waals surface area contributed by atoms with Crippen molar-refractivity contribution in [2.45, 2.75) is 32.7 Å². The molecule has 0 radical (unpaired) electrons. The number of anilines is 1. The van der Waals surface area contributed by atoms with Crippen LogP contribution >= 0.6 is 0 Å². The first-order chi connectivity index (χ1) is 8.13. The number of nitrogens with two attached hydrogens (primary N) is 1. The number of hydrazine groups is 1. The summed E-state index contributed by atoms with van der Waals surface area (Å²) in [6, 6.07) is 4.37. The van der Waals surface area contributed by atoms with E-state index in [4.69, 9.17) is 5.84 Å². The van der Waals surface area contributed by atoms with Crippen molar-refractivity contribution < 1.29 is 9.18 Å². The van der Waals surface area contributed by atoms with Crippen molar-refractivity contribution in [2.75, 3.05) is 5.43 Å². The van der Waals surface area contributed by atoms with Gasteiger partial charge in [-0.05, 0) is 25.0 Å². The van der Waals surface area contributed by atoms with E-state index in [0.29, 0.717) is 0 Å². The Balaban J connectivity index is 2.92. The maximum atomic E-state index is 13.4. The van der Waals surface area contributed by atoms with E-state index in [9.17, 15) is 9.18 Å². The van der Waals surface area contributed by atoms with Crippen LogP contribution in [0, 0.1) is 5.82 Å². The zero-order valence-electron chi connectivity index (χ0n) is 10.1. The molecule has 0 aliphatic carbocycles. The van der Waals surface area contributed by atoms with E-state index in [1.807, 2.05) is 13.8 Å². The summed E-state index contributed by atoms with van der Waals surface area (Å²) < 4.78 is 13.4. The van der Waals surface area contributed by atoms with E-state index in [2.05, 4.69) is 10.7 Å². The summed E-state index contributed by atoms with van der Waals surface area (Å²) in [6.07, 6.45) is 1.67. The zero-order valence-corrected chi connectivity index (χ0v) is 10.1. The average Bonchev–Trinajstić information content (AvgIpc) is 2.35. The highest BCUT2D eigenvalue weighted by Crippen LogP contribution is 2.18. The van der Waals surface area contributed by atoms with E-state index >= 15 is 0 Å². The highest BCUT2D eigenvalue weighted by molar-refractivity contribution is 5.99. The van der Waals surface area contributed by atoms with Crippen LogP contribution in [0.15, 0.2) is 18.2 Å². The molecule has 94 valence electrons. The van der Waals surface area contributed by atoms with E-state index in [0.717, 1.165) is 12.8 Å². The number of nitrogens with one attached hydrogen (secondary N) is 2. The van der Waals surface area contributed by atoms with Crippen LogP contribution in [0.25, 0.3) is 0 Å². The van der Waals surface area contributed by atoms with Crippen LogP contribution in [0.2, 0.25) is 0 Å². The molecule has 17 heavy (non-hydrogen) atoms. The molecule has 4 nitrogen and oxygen atoms in total. The zero-order chi connectivity index (χ0) is 12.8. The van der Waals surface area contributed by atoms with Crippen LogP contribution in [0.4, 0.5) is 10.1 Å². The Hall–Kier alpha value is -1.62. The van der Waals surface area contributed by atoms with Gasteiger partial charge in [0, 0.05) is 6.04 Å². The summed E-state index contributed by atoms with van der Waals surface area (Å²) in [7, 11) is 0. The van der Waals surface area contributed by atoms with Crippen LogP contribution in [0.3, 0.4) is 0 Å². The van der Waals surface area contributed by atoms with Gasteiger partial charge in [-0.3, -0.25) is 10.6 Å². The maximum absolute atomic E-state index is 13.4. The summed E-state index contributed by atoms with van der Waals surface area (Å²) in [5.74, 6) is 4.36. The fraction of sp³-hybridized carbons (Fsp3) is 0.417. The van der Waals surface area contributed by atoms with E-state index in [1.54, 1.807) is 0 Å². The minimum atomic E-state index is -0.537. The second-order valence-electron chi connectivity index (χ2n) is 3.79. The molecule has 0 aliphatic heterocycles. The molecule has 0 heterocycles. The third-order valence-electron chi connectivity index (χ3n) is 2.72. The molecule has 1 amide bonds. The Labute approximate surface area is 100 Å². The lowest BCUT2D eigenvalue weighted by Gasteiger charge is -2.16. The lowest BCUT2D eigenvalue weighted by atomic mass is 10.1. The normalized spacial score (nSPS) is 10.4. The smallest absolute Gasteiger partial charge is 0.253 e. The third-order valence-corrected chi connectivity index (χ3v) is 2.72. The van der Waals surface area contributed by atoms with Crippen molar-refractivity contribution in [1.29, 1.82) is 0 Å². The lowest BCUT2D eigenvalue weighted by molar-refractivity contribution is 0.0935. The van der Waals surface area contributed by atoms with Crippen molar-refractivity contribution in [1.82, 2.24) is 5.32 Å². The fourth-order valence-electron chi connectivity index (χ4n) is 1.62. The van der Waals surface area contributed by atoms with Crippen LogP contribution in [-0.4, -0.2) is 11.9 Å². The molecule has 0 saturated carbocycles. The Bertz CT molecular complexity index is 391. The first-order valence-corrected chi connectivity index (χ1v) is 5.70. The second kappa shape index (κ2) is 6.20. The number of carbonyl (C=O) groups excluding carboxylic acids is 1. The highest BCUT2D eigenvalue weighted by Gasteiger charge is 2.16. The van der Waals surface area contributed by atoms with Crippen molar-refractivity contribution >= 4 is 11.6 Å². The largest absolute Gasteiger partial charge is 0.349 e. The van der Waals surface area contributed by atoms with Gasteiger partial charge >= 0.3 is 0 Å². The number of hydrogen-bond donors (Lipinski definition) is 3. The Kier molecular flexibility index (Phi) is 4.90. The van der Waals surface area contributed by atoms with Crippen LogP contribution in [0.5, 0.6) is 0 Å². The van der Waals surface area contributed by atoms with Gasteiger partial charge in [-0.25, -0.2) is 4.39 Å². The molecule has 0 aliphatic rings. The quantitative estimate of drug-likeness (QED) is 0.544. The molecular weight excluding hydrogens is 221 g/mol. The fourth-order valence-corrected chi connectivity index (χ4v) is 1.62. The van der Waals surface area contributed by atoms with Gasteiger partial charge in [-0.15, -0.1) is 0 Å². The highest BCUT2D eigenvalue weighted by atomic mass is 19.1. The summed E-state index contributed by atoms with van der Waals surface area (Å²) in [6.45, 7) is 3.98. The number of para-hydroxylation sites is 1. The minimum Gasteiger partial charge on any atom is -0.349 e. The van der Waals surface area contributed by atoms with E-state index < -0.39 is 5.82 Å². The minimum absolute atomic E-state index is 0.0240. The van der Waals surface area contributed by atoms with Crippen molar-refractivity contribution in [3.63, 3.8) is 0 Å². The van der Waals surface area contributed by atoms with Gasteiger partial charge in [0.25, 0.3) is 5.91 Å². The third kappa shape index (κ3) is 3.17. The number of nitrogen functional groups attached to an aromatic ring is 1. The molecule has 0 saturated heterocycles. The second-order valence-corrected chi connectivity index (χ2v) is 3.79. The van der Waals surface area contributed by atoms with E-state index in [1.165, 1.54) is 18.2 Å². The van der Waals surface area contributed by atoms with Gasteiger partial charge in [-0.2, -0.15) is 0 Å². The molecule has 0 unspecified atom stereocenters. The van der Waals surface area contributed by atoms with Gasteiger partial charge in [0.2, 0.25) is 0 Å². The Morgan fingerprint density at radius 3 is 2.59 bits per heavy atom. The number of hydrogen-bond acceptors (Lipinski definition) is 3. The molecule has 0 atom stereocenters. The number of carbonyl (C=O) groups is 1. The van der Waals surface area contributed by atoms with Crippen molar-refractivity contribution in [3.05, 3.63) is 29.6 Å². The van der Waals surface area contributed by atoms with Gasteiger partial charge in [0.1, 0.15) is 5.82 Å². The standard InChI is InChI=1S/C12H18FN3O/c1-3-8(4-2)15-12(17)9-6-5-7-10(13)11(9)16-14/h5-8,16H,3-4,14H2,1-2H3,(H,15,17). The summed E-state index contributed by atoms with van der Waals surface area (Å²) >= 11 is 0. The molecule has 0 fully saturated rings. The number of halogens is 1. The first-order valence-electron chi connectivity index (χ1n) is 5.70. The van der Waals surface area contributed by atoms with Gasteiger partial charge < -0.3 is 10.7 Å². The Morgan fingerprint density at radius 1 is 1.41 bits per heavy atom. The summed E-state index contributed by atoms with van der Waals surface area (Å²) in [5.41, 5.74) is 2.46. The van der Waals surface area contributed by atoms with Gasteiger partial charge in [0.15, 0.2) is 0 Å². The van der Waals surface area contributed by atoms with Crippen molar-refractivity contribution in [2.24, 2.45) is 5.84 Å². The molecule has 1 rings (SSSR count). The number of benzene rings is 1. The number of rotatable bonds is 5. The lowest BCUT2D eigenvalue weighted by Crippen LogP contribution is -2.34. The SMILES string of the molecule is CCC(CC)NC(=O)c1cccc(F)c1NN. The maximum Gasteiger partial charge on any atom is 0.253 e. The molecule has 4 N–H and O–H groups in total. The molecule has 1 aromatic carbocycles. The molecule has 0 spiro atoms.